The largest absolute Gasteiger partial charge is 0.371 e. The summed E-state index contributed by atoms with van der Waals surface area (Å²) in [5.41, 5.74) is 1.83. The van der Waals surface area contributed by atoms with Gasteiger partial charge in [-0.05, 0) is 32.4 Å². The molecule has 1 unspecified atom stereocenters. The van der Waals surface area contributed by atoms with Crippen LogP contribution in [0.5, 0.6) is 0 Å². The van der Waals surface area contributed by atoms with Gasteiger partial charge in [0.2, 0.25) is 0 Å². The number of rotatable bonds is 4. The van der Waals surface area contributed by atoms with E-state index in [-0.39, 0.29) is 5.78 Å². The number of para-hydroxylation sites is 1. The summed E-state index contributed by atoms with van der Waals surface area (Å²) in [6.45, 7) is 5.93. The molecule has 0 aliphatic rings. The zero-order valence-electron chi connectivity index (χ0n) is 9.95. The third kappa shape index (κ3) is 2.58. The van der Waals surface area contributed by atoms with Crippen LogP contribution in [0, 0.1) is 0 Å². The fourth-order valence-electron chi connectivity index (χ4n) is 1.59. The van der Waals surface area contributed by atoms with Crippen molar-refractivity contribution in [1.82, 2.24) is 0 Å². The van der Waals surface area contributed by atoms with E-state index in [4.69, 9.17) is 0 Å². The van der Waals surface area contributed by atoms with Crippen molar-refractivity contribution in [3.8, 4) is 0 Å². The van der Waals surface area contributed by atoms with Crippen LogP contribution in [0.25, 0.3) is 0 Å². The van der Waals surface area contributed by atoms with E-state index in [1.165, 1.54) is 0 Å². The molecule has 0 saturated heterocycles. The van der Waals surface area contributed by atoms with Crippen molar-refractivity contribution in [2.24, 2.45) is 0 Å². The molecule has 0 heterocycles. The van der Waals surface area contributed by atoms with Crippen molar-refractivity contribution in [1.29, 1.82) is 0 Å². The van der Waals surface area contributed by atoms with Crippen molar-refractivity contribution in [3.63, 3.8) is 0 Å². The molecule has 0 aromatic heterocycles. The van der Waals surface area contributed by atoms with Gasteiger partial charge in [0.1, 0.15) is 0 Å². The zero-order valence-corrected chi connectivity index (χ0v) is 9.95. The van der Waals surface area contributed by atoms with Gasteiger partial charge in [-0.25, -0.2) is 0 Å². The highest BCUT2D eigenvalue weighted by molar-refractivity contribution is 5.99. The summed E-state index contributed by atoms with van der Waals surface area (Å²) in [5.74, 6) is 0.126. The SMILES string of the molecule is CCC(C)N(C)c1ccccc1C(C)=O. The molecule has 1 aromatic rings. The Morgan fingerprint density at radius 3 is 2.53 bits per heavy atom. The topological polar surface area (TPSA) is 20.3 Å². The van der Waals surface area contributed by atoms with E-state index >= 15 is 0 Å². The Kier molecular flexibility index (Phi) is 3.89. The Labute approximate surface area is 91.9 Å². The zero-order chi connectivity index (χ0) is 11.4. The molecule has 1 aromatic carbocycles. The molecule has 1 atom stereocenters. The predicted octanol–water partition coefficient (Wildman–Crippen LogP) is 3.12. The quantitative estimate of drug-likeness (QED) is 0.704. The van der Waals surface area contributed by atoms with Crippen molar-refractivity contribution < 1.29 is 4.79 Å². The van der Waals surface area contributed by atoms with Crippen LogP contribution < -0.4 is 4.90 Å². The van der Waals surface area contributed by atoms with Gasteiger partial charge in [0.25, 0.3) is 0 Å². The smallest absolute Gasteiger partial charge is 0.161 e. The first-order valence-electron chi connectivity index (χ1n) is 5.40. The molecule has 0 saturated carbocycles. The highest BCUT2D eigenvalue weighted by Gasteiger charge is 2.13. The number of hydrogen-bond acceptors (Lipinski definition) is 2. The average Bonchev–Trinajstić information content (AvgIpc) is 2.27. The Balaban J connectivity index is 3.07. The minimum Gasteiger partial charge on any atom is -0.371 e. The maximum atomic E-state index is 11.5. The second kappa shape index (κ2) is 4.96. The fourth-order valence-corrected chi connectivity index (χ4v) is 1.59. The van der Waals surface area contributed by atoms with E-state index in [1.54, 1.807) is 6.92 Å². The summed E-state index contributed by atoms with van der Waals surface area (Å²) >= 11 is 0. The van der Waals surface area contributed by atoms with Crippen molar-refractivity contribution in [3.05, 3.63) is 29.8 Å². The number of anilines is 1. The molecule has 0 radical (unpaired) electrons. The van der Waals surface area contributed by atoms with E-state index in [9.17, 15) is 4.79 Å². The second-order valence-corrected chi connectivity index (χ2v) is 3.94. The second-order valence-electron chi connectivity index (χ2n) is 3.94. The molecule has 2 nitrogen and oxygen atoms in total. The molecule has 0 fully saturated rings. The molecule has 0 spiro atoms. The Morgan fingerprint density at radius 2 is 2.00 bits per heavy atom. The molecule has 0 amide bonds. The molecule has 1 rings (SSSR count). The van der Waals surface area contributed by atoms with Crippen molar-refractivity contribution in [2.75, 3.05) is 11.9 Å². The number of benzene rings is 1. The van der Waals surface area contributed by atoms with E-state index in [2.05, 4.69) is 18.7 Å². The average molecular weight is 205 g/mol. The van der Waals surface area contributed by atoms with Crippen molar-refractivity contribution in [2.45, 2.75) is 33.2 Å². The summed E-state index contributed by atoms with van der Waals surface area (Å²) in [5, 5.41) is 0. The Bertz CT molecular complexity index is 346. The third-order valence-corrected chi connectivity index (χ3v) is 2.92. The molecule has 0 aliphatic carbocycles. The van der Waals surface area contributed by atoms with Gasteiger partial charge in [0, 0.05) is 24.3 Å². The number of ketones is 1. The number of carbonyl (C=O) groups excluding carboxylic acids is 1. The molecule has 0 N–H and O–H groups in total. The minimum absolute atomic E-state index is 0.126. The summed E-state index contributed by atoms with van der Waals surface area (Å²) < 4.78 is 0. The highest BCUT2D eigenvalue weighted by Crippen LogP contribution is 2.22. The van der Waals surface area contributed by atoms with Gasteiger partial charge < -0.3 is 4.90 Å². The van der Waals surface area contributed by atoms with Gasteiger partial charge >= 0.3 is 0 Å². The Hall–Kier alpha value is -1.31. The summed E-state index contributed by atoms with van der Waals surface area (Å²) in [4.78, 5) is 13.6. The number of hydrogen-bond donors (Lipinski definition) is 0. The van der Waals surface area contributed by atoms with Crippen LogP contribution >= 0.6 is 0 Å². The molecule has 2 heteroatoms. The highest BCUT2D eigenvalue weighted by atomic mass is 16.1. The monoisotopic (exact) mass is 205 g/mol. The standard InChI is InChI=1S/C13H19NO/c1-5-10(2)14(4)13-9-7-6-8-12(13)11(3)15/h6-10H,5H2,1-4H3. The van der Waals surface area contributed by atoms with E-state index in [1.807, 2.05) is 31.3 Å². The third-order valence-electron chi connectivity index (χ3n) is 2.92. The van der Waals surface area contributed by atoms with Crippen LogP contribution in [0.1, 0.15) is 37.6 Å². The lowest BCUT2D eigenvalue weighted by Gasteiger charge is -2.27. The van der Waals surface area contributed by atoms with Crippen LogP contribution in [-0.4, -0.2) is 18.9 Å². The van der Waals surface area contributed by atoms with Crippen molar-refractivity contribution >= 4 is 11.5 Å². The molecule has 82 valence electrons. The number of Topliss-reactive ketones (excluding diaryl/α,β-unsaturated/α-hetero) is 1. The normalized spacial score (nSPS) is 12.3. The number of carbonyl (C=O) groups is 1. The van der Waals surface area contributed by atoms with Crippen LogP contribution in [0.2, 0.25) is 0 Å². The van der Waals surface area contributed by atoms with Gasteiger partial charge in [-0.15, -0.1) is 0 Å². The minimum atomic E-state index is 0.126. The van der Waals surface area contributed by atoms with Gasteiger partial charge in [0.05, 0.1) is 0 Å². The molecule has 0 aliphatic heterocycles. The maximum Gasteiger partial charge on any atom is 0.161 e. The van der Waals surface area contributed by atoms with Crippen LogP contribution in [0.4, 0.5) is 5.69 Å². The van der Waals surface area contributed by atoms with Crippen LogP contribution in [0.15, 0.2) is 24.3 Å². The summed E-state index contributed by atoms with van der Waals surface area (Å²) in [6, 6.07) is 8.22. The summed E-state index contributed by atoms with van der Waals surface area (Å²) in [6.07, 6.45) is 1.07. The summed E-state index contributed by atoms with van der Waals surface area (Å²) in [7, 11) is 2.04. The lowest BCUT2D eigenvalue weighted by atomic mass is 10.1. The first kappa shape index (κ1) is 11.8. The van der Waals surface area contributed by atoms with Gasteiger partial charge in [-0.1, -0.05) is 19.1 Å². The molecular weight excluding hydrogens is 186 g/mol. The van der Waals surface area contributed by atoms with E-state index in [0.717, 1.165) is 17.7 Å². The predicted molar refractivity (Wildman–Crippen MR) is 64.6 cm³/mol. The molecule has 15 heavy (non-hydrogen) atoms. The van der Waals surface area contributed by atoms with Crippen LogP contribution in [0.3, 0.4) is 0 Å². The Morgan fingerprint density at radius 1 is 1.40 bits per heavy atom. The van der Waals surface area contributed by atoms with E-state index < -0.39 is 0 Å². The molecule has 0 bridgehead atoms. The molecular formula is C13H19NO. The maximum absolute atomic E-state index is 11.5. The number of nitrogens with zero attached hydrogens (tertiary/aromatic N) is 1. The first-order chi connectivity index (χ1) is 7.07. The lowest BCUT2D eigenvalue weighted by Crippen LogP contribution is -2.29. The van der Waals surface area contributed by atoms with E-state index in [0.29, 0.717) is 6.04 Å². The van der Waals surface area contributed by atoms with Crippen LogP contribution in [-0.2, 0) is 0 Å². The first-order valence-corrected chi connectivity index (χ1v) is 5.40. The van der Waals surface area contributed by atoms with Gasteiger partial charge in [0.15, 0.2) is 5.78 Å². The van der Waals surface area contributed by atoms with Gasteiger partial charge in [-0.3, -0.25) is 4.79 Å². The fraction of sp³-hybridized carbons (Fsp3) is 0.462. The lowest BCUT2D eigenvalue weighted by molar-refractivity contribution is 0.101. The van der Waals surface area contributed by atoms with Gasteiger partial charge in [-0.2, -0.15) is 0 Å².